The molecule has 0 N–H and O–H groups in total. The molecule has 0 unspecified atom stereocenters. The van der Waals surface area contributed by atoms with E-state index in [4.69, 9.17) is 4.42 Å². The maximum Gasteiger partial charge on any atom is 0.120 e. The largest absolute Gasteiger partial charge is 0.501 e. The van der Waals surface area contributed by atoms with Gasteiger partial charge in [-0.1, -0.05) is 123 Å². The Bertz CT molecular complexity index is 2380. The molecule has 0 spiro atoms. The molecule has 0 saturated heterocycles. The van der Waals surface area contributed by atoms with Gasteiger partial charge in [0.25, 0.3) is 0 Å². The van der Waals surface area contributed by atoms with Gasteiger partial charge in [0, 0.05) is 37.9 Å². The van der Waals surface area contributed by atoms with Crippen molar-refractivity contribution in [2.45, 2.75) is 39.4 Å². The van der Waals surface area contributed by atoms with Crippen LogP contribution in [0.15, 0.2) is 150 Å². The standard InChI is InChI=1S/C32H24NO.C14H16NSi.Ir/c1-21(2)23-16-17-33-30(20-23)28-13-7-12-27-29-19-26(14-15-31(29)34-32(27)28)25-11-6-10-24(18-25)22-8-4-3-5-9-22;1-16(2,3)13-9-10-14(15-11-13)12-7-5-4-6-8-12;/h3-12,14-21H,1-2H3;4-7,9-11H,1-3H3;/q2*-1;. The molecule has 0 bridgehead atoms. The van der Waals surface area contributed by atoms with Gasteiger partial charge in [-0.2, -0.15) is 0 Å². The summed E-state index contributed by atoms with van der Waals surface area (Å²) in [6.45, 7) is 11.4. The van der Waals surface area contributed by atoms with E-state index in [0.717, 1.165) is 44.5 Å². The Balaban J connectivity index is 0.000000222. The third-order valence-electron chi connectivity index (χ3n) is 9.06. The maximum absolute atomic E-state index is 6.35. The number of nitrogens with zero attached hydrogens (tertiary/aromatic N) is 2. The molecule has 5 heteroatoms. The van der Waals surface area contributed by atoms with Crippen LogP contribution in [0.25, 0.3) is 66.7 Å². The molecule has 5 aromatic carbocycles. The summed E-state index contributed by atoms with van der Waals surface area (Å²) < 4.78 is 6.35. The van der Waals surface area contributed by atoms with Gasteiger partial charge in [0.15, 0.2) is 0 Å². The van der Waals surface area contributed by atoms with Gasteiger partial charge in [0.1, 0.15) is 5.58 Å². The molecule has 8 aromatic rings. The third kappa shape index (κ3) is 8.02. The van der Waals surface area contributed by atoms with E-state index in [0.29, 0.717) is 5.92 Å². The van der Waals surface area contributed by atoms with E-state index in [2.05, 4.69) is 153 Å². The fraction of sp³-hybridized carbons (Fsp3) is 0.130. The van der Waals surface area contributed by atoms with E-state index in [1.54, 1.807) is 0 Å². The molecule has 3 nitrogen and oxygen atoms in total. The molecule has 0 atom stereocenters. The van der Waals surface area contributed by atoms with Gasteiger partial charge in [-0.15, -0.1) is 54.1 Å². The minimum absolute atomic E-state index is 0. The summed E-state index contributed by atoms with van der Waals surface area (Å²) in [5.41, 5.74) is 11.6. The first-order chi connectivity index (χ1) is 24.2. The van der Waals surface area contributed by atoms with Gasteiger partial charge in [-0.25, -0.2) is 0 Å². The van der Waals surface area contributed by atoms with Crippen LogP contribution < -0.4 is 5.19 Å². The van der Waals surface area contributed by atoms with E-state index in [-0.39, 0.29) is 20.1 Å². The van der Waals surface area contributed by atoms with Crippen molar-refractivity contribution in [1.82, 2.24) is 9.97 Å². The molecule has 51 heavy (non-hydrogen) atoms. The third-order valence-corrected chi connectivity index (χ3v) is 11.1. The van der Waals surface area contributed by atoms with Gasteiger partial charge in [-0.3, -0.25) is 0 Å². The predicted octanol–water partition coefficient (Wildman–Crippen LogP) is 12.0. The molecule has 0 aliphatic heterocycles. The summed E-state index contributed by atoms with van der Waals surface area (Å²) in [5.74, 6) is 0.436. The van der Waals surface area contributed by atoms with Crippen molar-refractivity contribution in [3.05, 3.63) is 164 Å². The molecule has 255 valence electrons. The van der Waals surface area contributed by atoms with E-state index in [1.807, 2.05) is 48.8 Å². The van der Waals surface area contributed by atoms with Crippen LogP contribution in [0.2, 0.25) is 19.6 Å². The molecule has 0 fully saturated rings. The molecule has 3 heterocycles. The number of furan rings is 1. The molecule has 0 amide bonds. The van der Waals surface area contributed by atoms with Crippen molar-refractivity contribution in [3.63, 3.8) is 0 Å². The smallest absolute Gasteiger partial charge is 0.120 e. The maximum atomic E-state index is 6.35. The van der Waals surface area contributed by atoms with Crippen molar-refractivity contribution in [3.8, 4) is 44.8 Å². The average molecular weight is 857 g/mol. The SMILES string of the molecule is CC(C)c1ccnc(-c2[c-]ccc3c2oc2ccc(-c4cccc(-c5ccccc5)c4)cc23)c1.C[Si](C)(C)c1ccc(-c2[c-]cccc2)nc1.[Ir]. The van der Waals surface area contributed by atoms with Crippen LogP contribution in [0.3, 0.4) is 0 Å². The summed E-state index contributed by atoms with van der Waals surface area (Å²) in [6, 6.07) is 52.7. The van der Waals surface area contributed by atoms with Crippen LogP contribution in [0.4, 0.5) is 0 Å². The van der Waals surface area contributed by atoms with E-state index >= 15 is 0 Å². The second kappa shape index (κ2) is 15.5. The Morgan fingerprint density at radius 3 is 2.06 bits per heavy atom. The fourth-order valence-electron chi connectivity index (χ4n) is 6.11. The zero-order chi connectivity index (χ0) is 34.7. The van der Waals surface area contributed by atoms with Crippen LogP contribution in [0, 0.1) is 12.1 Å². The molecule has 1 radical (unpaired) electrons. The topological polar surface area (TPSA) is 38.9 Å². The molecule has 0 aliphatic rings. The summed E-state index contributed by atoms with van der Waals surface area (Å²) in [4.78, 5) is 9.14. The number of fused-ring (bicyclic) bond motifs is 3. The number of aromatic nitrogens is 2. The molecule has 0 saturated carbocycles. The second-order valence-electron chi connectivity index (χ2n) is 13.9. The van der Waals surface area contributed by atoms with E-state index in [9.17, 15) is 0 Å². The Labute approximate surface area is 315 Å². The van der Waals surface area contributed by atoms with Crippen molar-refractivity contribution < 1.29 is 24.5 Å². The summed E-state index contributed by atoms with van der Waals surface area (Å²) in [6.07, 6.45) is 3.89. The normalized spacial score (nSPS) is 11.3. The quantitative estimate of drug-likeness (QED) is 0.124. The van der Waals surface area contributed by atoms with Crippen molar-refractivity contribution in [2.75, 3.05) is 0 Å². The first-order valence-corrected chi connectivity index (χ1v) is 20.7. The Hall–Kier alpha value is -4.93. The number of hydrogen-bond acceptors (Lipinski definition) is 3. The van der Waals surface area contributed by atoms with E-state index < -0.39 is 8.07 Å². The van der Waals surface area contributed by atoms with Crippen molar-refractivity contribution >= 4 is 35.2 Å². The first kappa shape index (κ1) is 35.9. The van der Waals surface area contributed by atoms with Gasteiger partial charge in [0.05, 0.1) is 13.7 Å². The van der Waals surface area contributed by atoms with Crippen molar-refractivity contribution in [2.24, 2.45) is 0 Å². The Morgan fingerprint density at radius 1 is 0.608 bits per heavy atom. The number of pyridine rings is 2. The number of benzene rings is 5. The zero-order valence-electron chi connectivity index (χ0n) is 29.6. The minimum atomic E-state index is -1.23. The molecule has 0 aliphatic carbocycles. The van der Waals surface area contributed by atoms with Crippen LogP contribution in [0.1, 0.15) is 25.3 Å². The van der Waals surface area contributed by atoms with Crippen LogP contribution in [-0.4, -0.2) is 18.0 Å². The predicted molar refractivity (Wildman–Crippen MR) is 212 cm³/mol. The van der Waals surface area contributed by atoms with Gasteiger partial charge in [-0.05, 0) is 69.0 Å². The fourth-order valence-corrected chi connectivity index (χ4v) is 7.15. The number of rotatable bonds is 6. The van der Waals surface area contributed by atoms with Gasteiger partial charge in [0.2, 0.25) is 0 Å². The van der Waals surface area contributed by atoms with Crippen molar-refractivity contribution in [1.29, 1.82) is 0 Å². The Kier molecular flexibility index (Phi) is 10.9. The second-order valence-corrected chi connectivity index (χ2v) is 19.0. The molecule has 3 aromatic heterocycles. The minimum Gasteiger partial charge on any atom is -0.501 e. The monoisotopic (exact) mass is 857 g/mol. The summed E-state index contributed by atoms with van der Waals surface area (Å²) in [5, 5.41) is 3.58. The molecular formula is C46H40IrN2OSi-2. The summed E-state index contributed by atoms with van der Waals surface area (Å²) in [7, 11) is -1.23. The van der Waals surface area contributed by atoms with Crippen LogP contribution >= 0.6 is 0 Å². The first-order valence-electron chi connectivity index (χ1n) is 17.2. The van der Waals surface area contributed by atoms with Crippen LogP contribution in [0.5, 0.6) is 0 Å². The summed E-state index contributed by atoms with van der Waals surface area (Å²) >= 11 is 0. The van der Waals surface area contributed by atoms with Crippen LogP contribution in [-0.2, 0) is 20.1 Å². The number of hydrogen-bond donors (Lipinski definition) is 0. The Morgan fingerprint density at radius 2 is 1.35 bits per heavy atom. The van der Waals surface area contributed by atoms with E-state index in [1.165, 1.54) is 33.0 Å². The van der Waals surface area contributed by atoms with Gasteiger partial charge >= 0.3 is 0 Å². The molecule has 8 rings (SSSR count). The zero-order valence-corrected chi connectivity index (χ0v) is 33.0. The van der Waals surface area contributed by atoms with Gasteiger partial charge < -0.3 is 14.4 Å². The molecular weight excluding hydrogens is 817 g/mol. The average Bonchev–Trinajstić information content (AvgIpc) is 3.54.